The number of anilines is 1. The maximum absolute atomic E-state index is 8.96. The van der Waals surface area contributed by atoms with Gasteiger partial charge in [0.05, 0.1) is 0 Å². The minimum atomic E-state index is 0.418. The van der Waals surface area contributed by atoms with Gasteiger partial charge in [0.25, 0.3) is 0 Å². The van der Waals surface area contributed by atoms with Crippen molar-refractivity contribution in [2.45, 2.75) is 12.5 Å². The van der Waals surface area contributed by atoms with Crippen molar-refractivity contribution in [1.82, 2.24) is 14.9 Å². The van der Waals surface area contributed by atoms with Crippen molar-refractivity contribution in [2.75, 3.05) is 32.1 Å². The van der Waals surface area contributed by atoms with E-state index in [1.54, 1.807) is 12.4 Å². The van der Waals surface area contributed by atoms with Crippen LogP contribution in [-0.4, -0.2) is 48.1 Å². The summed E-state index contributed by atoms with van der Waals surface area (Å²) >= 11 is 0. The van der Waals surface area contributed by atoms with E-state index in [-0.39, 0.29) is 0 Å². The number of nitriles is 1. The fourth-order valence-corrected chi connectivity index (χ4v) is 2.00. The van der Waals surface area contributed by atoms with Crippen LogP contribution in [0.15, 0.2) is 12.4 Å². The zero-order valence-electron chi connectivity index (χ0n) is 9.59. The topological polar surface area (TPSA) is 56.1 Å². The second kappa shape index (κ2) is 4.45. The summed E-state index contributed by atoms with van der Waals surface area (Å²) in [5, 5.41) is 8.96. The van der Waals surface area contributed by atoms with Crippen molar-refractivity contribution in [3.8, 4) is 6.07 Å². The average molecular weight is 217 g/mol. The van der Waals surface area contributed by atoms with Crippen LogP contribution >= 0.6 is 0 Å². The Kier molecular flexibility index (Phi) is 3.02. The van der Waals surface area contributed by atoms with Gasteiger partial charge in [0.1, 0.15) is 6.07 Å². The minimum absolute atomic E-state index is 0.418. The lowest BCUT2D eigenvalue weighted by molar-refractivity contribution is 0.315. The summed E-state index contributed by atoms with van der Waals surface area (Å²) in [5.74, 6) is 0.717. The highest BCUT2D eigenvalue weighted by molar-refractivity contribution is 5.50. The molecule has 0 radical (unpaired) electrons. The van der Waals surface area contributed by atoms with Crippen LogP contribution < -0.4 is 4.90 Å². The lowest BCUT2D eigenvalue weighted by Gasteiger charge is -2.21. The maximum Gasteiger partial charge on any atom is 0.183 e. The lowest BCUT2D eigenvalue weighted by Crippen LogP contribution is -2.32. The largest absolute Gasteiger partial charge is 0.353 e. The fourth-order valence-electron chi connectivity index (χ4n) is 2.00. The molecule has 1 fully saturated rings. The van der Waals surface area contributed by atoms with Crippen LogP contribution in [0, 0.1) is 11.3 Å². The van der Waals surface area contributed by atoms with Gasteiger partial charge < -0.3 is 9.80 Å². The first kappa shape index (κ1) is 10.8. The molecule has 0 bridgehead atoms. The molecule has 0 aromatic carbocycles. The minimum Gasteiger partial charge on any atom is -0.353 e. The summed E-state index contributed by atoms with van der Waals surface area (Å²) in [5.41, 5.74) is 0.418. The molecule has 84 valence electrons. The molecule has 0 saturated carbocycles. The highest BCUT2D eigenvalue weighted by Crippen LogP contribution is 2.21. The molecule has 1 aliphatic heterocycles. The monoisotopic (exact) mass is 217 g/mol. The molecule has 1 aliphatic rings. The number of hydrogen-bond donors (Lipinski definition) is 0. The molecule has 0 amide bonds. The molecular formula is C11H15N5. The van der Waals surface area contributed by atoms with Crippen molar-refractivity contribution in [3.63, 3.8) is 0 Å². The first-order valence-electron chi connectivity index (χ1n) is 5.35. The maximum atomic E-state index is 8.96. The summed E-state index contributed by atoms with van der Waals surface area (Å²) in [4.78, 5) is 12.6. The van der Waals surface area contributed by atoms with Crippen LogP contribution in [0.1, 0.15) is 12.1 Å². The summed E-state index contributed by atoms with van der Waals surface area (Å²) in [6.45, 7) is 1.86. The Balaban J connectivity index is 2.18. The summed E-state index contributed by atoms with van der Waals surface area (Å²) < 4.78 is 0. The fraction of sp³-hybridized carbons (Fsp3) is 0.545. The third-order valence-electron chi connectivity index (χ3n) is 2.98. The number of hydrogen-bond acceptors (Lipinski definition) is 5. The van der Waals surface area contributed by atoms with Crippen LogP contribution in [0.5, 0.6) is 0 Å². The lowest BCUT2D eigenvalue weighted by atomic mass is 10.2. The van der Waals surface area contributed by atoms with Gasteiger partial charge in [-0.05, 0) is 20.5 Å². The van der Waals surface area contributed by atoms with Gasteiger partial charge in [-0.2, -0.15) is 5.26 Å². The Morgan fingerprint density at radius 1 is 1.44 bits per heavy atom. The quantitative estimate of drug-likeness (QED) is 0.721. The van der Waals surface area contributed by atoms with Gasteiger partial charge in [-0.15, -0.1) is 0 Å². The summed E-state index contributed by atoms with van der Waals surface area (Å²) in [6.07, 6.45) is 4.30. The molecule has 1 unspecified atom stereocenters. The standard InChI is InChI=1S/C11H15N5/c1-15(2)9-3-6-16(8-9)11-10(7-12)13-4-5-14-11/h4-5,9H,3,6,8H2,1-2H3. The van der Waals surface area contributed by atoms with E-state index in [2.05, 4.69) is 39.9 Å². The van der Waals surface area contributed by atoms with Crippen LogP contribution in [0.25, 0.3) is 0 Å². The van der Waals surface area contributed by atoms with Gasteiger partial charge in [-0.25, -0.2) is 9.97 Å². The summed E-state index contributed by atoms with van der Waals surface area (Å²) in [6, 6.07) is 2.62. The van der Waals surface area contributed by atoms with Crippen molar-refractivity contribution in [2.24, 2.45) is 0 Å². The molecule has 1 aromatic heterocycles. The normalized spacial score (nSPS) is 20.1. The van der Waals surface area contributed by atoms with E-state index in [9.17, 15) is 0 Å². The highest BCUT2D eigenvalue weighted by atomic mass is 15.3. The van der Waals surface area contributed by atoms with Crippen molar-refractivity contribution >= 4 is 5.82 Å². The molecule has 1 aromatic rings. The van der Waals surface area contributed by atoms with E-state index in [4.69, 9.17) is 5.26 Å². The van der Waals surface area contributed by atoms with Gasteiger partial charge in [-0.3, -0.25) is 0 Å². The first-order valence-corrected chi connectivity index (χ1v) is 5.35. The first-order chi connectivity index (χ1) is 7.72. The van der Waals surface area contributed by atoms with E-state index in [0.717, 1.165) is 19.5 Å². The average Bonchev–Trinajstić information content (AvgIpc) is 2.78. The predicted molar refractivity (Wildman–Crippen MR) is 61.1 cm³/mol. The number of aromatic nitrogens is 2. The molecule has 0 spiro atoms. The van der Waals surface area contributed by atoms with Crippen molar-refractivity contribution in [3.05, 3.63) is 18.1 Å². The second-order valence-corrected chi connectivity index (χ2v) is 4.19. The van der Waals surface area contributed by atoms with Crippen molar-refractivity contribution < 1.29 is 0 Å². The number of nitrogens with zero attached hydrogens (tertiary/aromatic N) is 5. The molecule has 0 N–H and O–H groups in total. The Labute approximate surface area is 95.3 Å². The van der Waals surface area contributed by atoms with Crippen LogP contribution in [0.3, 0.4) is 0 Å². The molecule has 2 rings (SSSR count). The van der Waals surface area contributed by atoms with Gasteiger partial charge in [0.15, 0.2) is 11.5 Å². The summed E-state index contributed by atoms with van der Waals surface area (Å²) in [7, 11) is 4.16. The predicted octanol–water partition coefficient (Wildman–Crippen LogP) is 0.489. The molecule has 5 heteroatoms. The van der Waals surface area contributed by atoms with Gasteiger partial charge in [-0.1, -0.05) is 0 Å². The van der Waals surface area contributed by atoms with E-state index in [0.29, 0.717) is 17.6 Å². The SMILES string of the molecule is CN(C)C1CCN(c2nccnc2C#N)C1. The molecule has 5 nitrogen and oxygen atoms in total. The smallest absolute Gasteiger partial charge is 0.183 e. The third-order valence-corrected chi connectivity index (χ3v) is 2.98. The molecule has 0 aliphatic carbocycles. The van der Waals surface area contributed by atoms with Gasteiger partial charge in [0.2, 0.25) is 0 Å². The zero-order chi connectivity index (χ0) is 11.5. The Bertz CT molecular complexity index is 409. The highest BCUT2D eigenvalue weighted by Gasteiger charge is 2.26. The van der Waals surface area contributed by atoms with Gasteiger partial charge >= 0.3 is 0 Å². The van der Waals surface area contributed by atoms with E-state index < -0.39 is 0 Å². The van der Waals surface area contributed by atoms with Crippen molar-refractivity contribution in [1.29, 1.82) is 5.26 Å². The Morgan fingerprint density at radius 3 is 2.81 bits per heavy atom. The molecule has 2 heterocycles. The van der Waals surface area contributed by atoms with Crippen LogP contribution in [-0.2, 0) is 0 Å². The second-order valence-electron chi connectivity index (χ2n) is 4.19. The molecule has 1 atom stereocenters. The number of rotatable bonds is 2. The third kappa shape index (κ3) is 1.97. The van der Waals surface area contributed by atoms with E-state index >= 15 is 0 Å². The van der Waals surface area contributed by atoms with E-state index in [1.807, 2.05) is 0 Å². The zero-order valence-corrected chi connectivity index (χ0v) is 9.59. The Hall–Kier alpha value is -1.67. The van der Waals surface area contributed by atoms with Crippen LogP contribution in [0.2, 0.25) is 0 Å². The van der Waals surface area contributed by atoms with Crippen LogP contribution in [0.4, 0.5) is 5.82 Å². The van der Waals surface area contributed by atoms with E-state index in [1.165, 1.54) is 0 Å². The molecule has 1 saturated heterocycles. The Morgan fingerprint density at radius 2 is 2.19 bits per heavy atom. The number of likely N-dealkylation sites (N-methyl/N-ethyl adjacent to an activating group) is 1. The molecular weight excluding hydrogens is 202 g/mol. The molecule has 16 heavy (non-hydrogen) atoms. The van der Waals surface area contributed by atoms with Gasteiger partial charge in [0, 0.05) is 31.5 Å².